The molecule has 0 aliphatic rings. The number of aromatic amines is 2. The summed E-state index contributed by atoms with van der Waals surface area (Å²) < 4.78 is 27.4. The summed E-state index contributed by atoms with van der Waals surface area (Å²) in [7, 11) is 0. The van der Waals surface area contributed by atoms with Crippen LogP contribution in [0.2, 0.25) is 5.02 Å². The number of rotatable bonds is 6. The molecule has 0 unspecified atom stereocenters. The Hall–Kier alpha value is -3.78. The van der Waals surface area contributed by atoms with Gasteiger partial charge in [-0.2, -0.15) is 0 Å². The van der Waals surface area contributed by atoms with Gasteiger partial charge in [-0.1, -0.05) is 35.9 Å². The molecule has 0 spiro atoms. The van der Waals surface area contributed by atoms with Gasteiger partial charge in [-0.25, -0.2) is 8.78 Å². The molecule has 32 heavy (non-hydrogen) atoms. The van der Waals surface area contributed by atoms with Gasteiger partial charge in [0.15, 0.2) is 0 Å². The van der Waals surface area contributed by atoms with Gasteiger partial charge in [0.1, 0.15) is 11.6 Å². The van der Waals surface area contributed by atoms with Gasteiger partial charge in [0.05, 0.1) is 11.4 Å². The number of aromatic nitrogens is 3. The number of benzene rings is 2. The van der Waals surface area contributed by atoms with Crippen molar-refractivity contribution in [3.63, 3.8) is 0 Å². The zero-order valence-corrected chi connectivity index (χ0v) is 17.4. The highest BCUT2D eigenvalue weighted by Gasteiger charge is 2.20. The van der Waals surface area contributed by atoms with Gasteiger partial charge in [-0.05, 0) is 35.4 Å². The lowest BCUT2D eigenvalue weighted by atomic mass is 10.1. The van der Waals surface area contributed by atoms with Gasteiger partial charge in [0, 0.05) is 42.0 Å². The number of hydrogen-bond donors (Lipinski definition) is 2. The van der Waals surface area contributed by atoms with E-state index in [-0.39, 0.29) is 24.2 Å². The quantitative estimate of drug-likeness (QED) is 0.449. The van der Waals surface area contributed by atoms with Gasteiger partial charge in [-0.3, -0.25) is 24.8 Å². The summed E-state index contributed by atoms with van der Waals surface area (Å²) in [5, 5.41) is 5.64. The third-order valence-corrected chi connectivity index (χ3v) is 5.15. The van der Waals surface area contributed by atoms with E-state index in [0.29, 0.717) is 33.6 Å². The highest BCUT2D eigenvalue weighted by atomic mass is 35.5. The first-order chi connectivity index (χ1) is 15.4. The maximum absolute atomic E-state index is 13.7. The molecule has 4 rings (SSSR count). The van der Waals surface area contributed by atoms with Crippen LogP contribution in [-0.2, 0) is 13.1 Å². The molecule has 0 radical (unpaired) electrons. The molecule has 162 valence electrons. The highest BCUT2D eigenvalue weighted by Crippen LogP contribution is 2.21. The van der Waals surface area contributed by atoms with Crippen LogP contribution in [0.4, 0.5) is 8.78 Å². The normalized spacial score (nSPS) is 10.8. The summed E-state index contributed by atoms with van der Waals surface area (Å²) in [6.07, 6.45) is 1.57. The molecule has 2 N–H and O–H groups in total. The predicted octanol–water partition coefficient (Wildman–Crippen LogP) is 4.54. The number of halogens is 3. The van der Waals surface area contributed by atoms with Crippen molar-refractivity contribution in [1.82, 2.24) is 20.1 Å². The fourth-order valence-electron chi connectivity index (χ4n) is 3.26. The van der Waals surface area contributed by atoms with E-state index in [2.05, 4.69) is 15.2 Å². The number of hydrogen-bond acceptors (Lipinski definition) is 3. The molecule has 9 heteroatoms. The zero-order chi connectivity index (χ0) is 22.7. The summed E-state index contributed by atoms with van der Waals surface area (Å²) in [6, 6.07) is 14.6. The van der Waals surface area contributed by atoms with Gasteiger partial charge >= 0.3 is 0 Å². The van der Waals surface area contributed by atoms with E-state index < -0.39 is 17.5 Å². The molecule has 2 aromatic carbocycles. The van der Waals surface area contributed by atoms with Crippen molar-refractivity contribution in [1.29, 1.82) is 0 Å². The average molecular weight is 455 g/mol. The Labute approximate surface area is 186 Å². The molecule has 0 saturated carbocycles. The van der Waals surface area contributed by atoms with Crippen LogP contribution >= 0.6 is 11.6 Å². The molecular formula is C23H17ClF2N4O2. The van der Waals surface area contributed by atoms with E-state index in [1.807, 2.05) is 0 Å². The van der Waals surface area contributed by atoms with Crippen molar-refractivity contribution < 1.29 is 13.6 Å². The van der Waals surface area contributed by atoms with E-state index in [9.17, 15) is 18.4 Å². The van der Waals surface area contributed by atoms with Crippen LogP contribution < -0.4 is 5.56 Å². The second-order valence-electron chi connectivity index (χ2n) is 7.13. The summed E-state index contributed by atoms with van der Waals surface area (Å²) in [4.78, 5) is 30.2. The molecule has 1 amide bonds. The van der Waals surface area contributed by atoms with Gasteiger partial charge in [0.25, 0.3) is 11.5 Å². The second kappa shape index (κ2) is 9.15. The van der Waals surface area contributed by atoms with Crippen molar-refractivity contribution in [3.8, 4) is 11.4 Å². The molecule has 2 aromatic heterocycles. The molecular weight excluding hydrogens is 438 g/mol. The number of carbonyl (C=O) groups is 1. The minimum absolute atomic E-state index is 0.107. The molecule has 0 atom stereocenters. The number of carbonyl (C=O) groups excluding carboxylic acids is 1. The lowest BCUT2D eigenvalue weighted by Gasteiger charge is -2.24. The Kier molecular flexibility index (Phi) is 6.13. The molecule has 4 aromatic rings. The smallest absolute Gasteiger partial charge is 0.264 e. The first kappa shape index (κ1) is 21.5. The lowest BCUT2D eigenvalue weighted by Crippen LogP contribution is -2.30. The summed E-state index contributed by atoms with van der Waals surface area (Å²) in [5.74, 6) is -2.22. The first-order valence-electron chi connectivity index (χ1n) is 9.61. The van der Waals surface area contributed by atoms with Crippen molar-refractivity contribution in [2.24, 2.45) is 0 Å². The number of nitrogens with zero attached hydrogens (tertiary/aromatic N) is 2. The van der Waals surface area contributed by atoms with E-state index >= 15 is 0 Å². The first-order valence-corrected chi connectivity index (χ1v) is 9.98. The molecule has 0 aliphatic carbocycles. The summed E-state index contributed by atoms with van der Waals surface area (Å²) in [5.41, 5.74) is 2.07. The van der Waals surface area contributed by atoms with Crippen LogP contribution in [0.3, 0.4) is 0 Å². The number of H-pyrrole nitrogens is 2. The number of nitrogens with one attached hydrogen (secondary N) is 2. The predicted molar refractivity (Wildman–Crippen MR) is 116 cm³/mol. The fourth-order valence-corrected chi connectivity index (χ4v) is 3.46. The molecule has 0 bridgehead atoms. The fraction of sp³-hybridized carbons (Fsp3) is 0.0870. The third-order valence-electron chi connectivity index (χ3n) is 4.79. The Bertz CT molecular complexity index is 1300. The SMILES string of the molecule is O=C(c1cc(F)cc(F)c1)N(Cc1ccc(-c2cc(=O)[nH][nH]2)nc1)Cc1ccccc1Cl. The van der Waals surface area contributed by atoms with E-state index in [4.69, 9.17) is 11.6 Å². The molecule has 0 fully saturated rings. The third kappa shape index (κ3) is 4.92. The molecule has 2 heterocycles. The van der Waals surface area contributed by atoms with Gasteiger partial charge < -0.3 is 4.90 Å². The Morgan fingerprint density at radius 2 is 1.72 bits per heavy atom. The van der Waals surface area contributed by atoms with Crippen LogP contribution in [0.1, 0.15) is 21.5 Å². The number of pyridine rings is 1. The monoisotopic (exact) mass is 454 g/mol. The lowest BCUT2D eigenvalue weighted by molar-refractivity contribution is 0.0729. The highest BCUT2D eigenvalue weighted by molar-refractivity contribution is 6.31. The van der Waals surface area contributed by atoms with E-state index in [0.717, 1.165) is 12.1 Å². The average Bonchev–Trinajstić information content (AvgIpc) is 3.20. The van der Waals surface area contributed by atoms with Crippen molar-refractivity contribution in [3.05, 3.63) is 111 Å². The van der Waals surface area contributed by atoms with Gasteiger partial charge in [0.2, 0.25) is 0 Å². The standard InChI is InChI=1S/C23H17ClF2N4O2/c24-19-4-2-1-3-15(19)13-30(23(32)16-7-17(25)9-18(26)8-16)12-14-5-6-20(27-11-14)21-10-22(31)29-28-21/h1-11H,12-13H2,(H2,28,29,31). The van der Waals surface area contributed by atoms with Crippen molar-refractivity contribution in [2.75, 3.05) is 0 Å². The summed E-state index contributed by atoms with van der Waals surface area (Å²) >= 11 is 6.26. The van der Waals surface area contributed by atoms with Crippen molar-refractivity contribution >= 4 is 17.5 Å². The largest absolute Gasteiger partial charge is 0.330 e. The Balaban J connectivity index is 1.63. The van der Waals surface area contributed by atoms with Crippen LogP contribution in [0.25, 0.3) is 11.4 Å². The molecule has 0 aliphatic heterocycles. The van der Waals surface area contributed by atoms with Crippen LogP contribution in [-0.4, -0.2) is 26.0 Å². The number of amides is 1. The van der Waals surface area contributed by atoms with Crippen LogP contribution in [0, 0.1) is 11.6 Å². The minimum Gasteiger partial charge on any atom is -0.330 e. The van der Waals surface area contributed by atoms with E-state index in [1.165, 1.54) is 11.0 Å². The second-order valence-corrected chi connectivity index (χ2v) is 7.54. The van der Waals surface area contributed by atoms with Crippen molar-refractivity contribution in [2.45, 2.75) is 13.1 Å². The van der Waals surface area contributed by atoms with Gasteiger partial charge in [-0.15, -0.1) is 0 Å². The molecule has 0 saturated heterocycles. The minimum atomic E-state index is -0.836. The molecule has 6 nitrogen and oxygen atoms in total. The Morgan fingerprint density at radius 1 is 0.969 bits per heavy atom. The van der Waals surface area contributed by atoms with Crippen LogP contribution in [0.15, 0.2) is 71.7 Å². The Morgan fingerprint density at radius 3 is 2.34 bits per heavy atom. The zero-order valence-electron chi connectivity index (χ0n) is 16.6. The maximum Gasteiger partial charge on any atom is 0.264 e. The topological polar surface area (TPSA) is 81.9 Å². The maximum atomic E-state index is 13.7. The van der Waals surface area contributed by atoms with Crippen LogP contribution in [0.5, 0.6) is 0 Å². The van der Waals surface area contributed by atoms with E-state index in [1.54, 1.807) is 42.6 Å². The summed E-state index contributed by atoms with van der Waals surface area (Å²) in [6.45, 7) is 0.253.